The number of hydrogen-bond acceptors (Lipinski definition) is 3. The number of anilines is 1. The molecule has 20 heavy (non-hydrogen) atoms. The number of nitrogens with one attached hydrogen (secondary N) is 2. The molecule has 0 saturated carbocycles. The highest BCUT2D eigenvalue weighted by Gasteiger charge is 2.21. The highest BCUT2D eigenvalue weighted by atomic mass is 32.2. The minimum Gasteiger partial charge on any atom is -0.385 e. The lowest BCUT2D eigenvalue weighted by Crippen LogP contribution is -2.36. The zero-order chi connectivity index (χ0) is 14.8. The summed E-state index contributed by atoms with van der Waals surface area (Å²) in [6.07, 6.45) is 2.94. The van der Waals surface area contributed by atoms with E-state index in [2.05, 4.69) is 23.9 Å². The Morgan fingerprint density at radius 1 is 1.35 bits per heavy atom. The Balaban J connectivity index is 2.21. The second-order valence-electron chi connectivity index (χ2n) is 5.64. The third-order valence-corrected chi connectivity index (χ3v) is 5.72. The van der Waals surface area contributed by atoms with Gasteiger partial charge in [-0.15, -0.1) is 0 Å². The van der Waals surface area contributed by atoms with E-state index in [-0.39, 0.29) is 6.04 Å². The maximum Gasteiger partial charge on any atom is 0.240 e. The van der Waals surface area contributed by atoms with Crippen LogP contribution in [0.5, 0.6) is 0 Å². The van der Waals surface area contributed by atoms with Gasteiger partial charge in [0.2, 0.25) is 10.0 Å². The van der Waals surface area contributed by atoms with E-state index in [1.807, 2.05) is 13.0 Å². The molecule has 1 aliphatic heterocycles. The standard InChI is InChI=1S/C15H24N2O2S/c1-4-11(2)12(3)17-20(18,19)14-7-8-15-13(10-14)6-5-9-16-15/h7-8,10-12,16-17H,4-6,9H2,1-3H3. The lowest BCUT2D eigenvalue weighted by Gasteiger charge is -2.21. The van der Waals surface area contributed by atoms with Gasteiger partial charge in [0.15, 0.2) is 0 Å². The summed E-state index contributed by atoms with van der Waals surface area (Å²) < 4.78 is 27.6. The largest absolute Gasteiger partial charge is 0.385 e. The average Bonchev–Trinajstić information content (AvgIpc) is 2.45. The van der Waals surface area contributed by atoms with Gasteiger partial charge in [-0.25, -0.2) is 13.1 Å². The van der Waals surface area contributed by atoms with Crippen molar-refractivity contribution in [2.45, 2.75) is 51.0 Å². The normalized spacial score (nSPS) is 17.9. The summed E-state index contributed by atoms with van der Waals surface area (Å²) in [5.74, 6) is 0.323. The number of benzene rings is 1. The van der Waals surface area contributed by atoms with Crippen molar-refractivity contribution in [2.75, 3.05) is 11.9 Å². The molecule has 4 nitrogen and oxygen atoms in total. The third kappa shape index (κ3) is 3.33. The quantitative estimate of drug-likeness (QED) is 0.878. The molecule has 2 unspecified atom stereocenters. The number of fused-ring (bicyclic) bond motifs is 1. The second-order valence-corrected chi connectivity index (χ2v) is 7.36. The van der Waals surface area contributed by atoms with Crippen molar-refractivity contribution in [3.8, 4) is 0 Å². The first-order valence-electron chi connectivity index (χ1n) is 7.33. The molecule has 0 aliphatic carbocycles. The molecule has 1 heterocycles. The van der Waals surface area contributed by atoms with Crippen LogP contribution in [0.3, 0.4) is 0 Å². The van der Waals surface area contributed by atoms with Crippen LogP contribution in [-0.2, 0) is 16.4 Å². The van der Waals surface area contributed by atoms with Crippen LogP contribution in [0, 0.1) is 5.92 Å². The van der Waals surface area contributed by atoms with E-state index in [1.54, 1.807) is 12.1 Å². The van der Waals surface area contributed by atoms with Crippen molar-refractivity contribution in [1.29, 1.82) is 0 Å². The molecule has 5 heteroatoms. The monoisotopic (exact) mass is 296 g/mol. The van der Waals surface area contributed by atoms with E-state index in [9.17, 15) is 8.42 Å². The number of aryl methyl sites for hydroxylation is 1. The first kappa shape index (κ1) is 15.3. The van der Waals surface area contributed by atoms with Crippen molar-refractivity contribution in [1.82, 2.24) is 4.72 Å². The molecule has 1 aliphatic rings. The van der Waals surface area contributed by atoms with Crippen LogP contribution in [-0.4, -0.2) is 21.0 Å². The number of rotatable bonds is 5. The maximum atomic E-state index is 12.4. The Morgan fingerprint density at radius 3 is 2.80 bits per heavy atom. The molecule has 2 rings (SSSR count). The first-order chi connectivity index (χ1) is 9.44. The smallest absolute Gasteiger partial charge is 0.240 e. The fourth-order valence-electron chi connectivity index (χ4n) is 2.40. The van der Waals surface area contributed by atoms with Gasteiger partial charge >= 0.3 is 0 Å². The van der Waals surface area contributed by atoms with Gasteiger partial charge in [-0.3, -0.25) is 0 Å². The molecule has 0 spiro atoms. The Morgan fingerprint density at radius 2 is 2.10 bits per heavy atom. The third-order valence-electron chi connectivity index (χ3n) is 4.16. The molecule has 2 atom stereocenters. The second kappa shape index (κ2) is 6.14. The van der Waals surface area contributed by atoms with Crippen LogP contribution in [0.15, 0.2) is 23.1 Å². The average molecular weight is 296 g/mol. The van der Waals surface area contributed by atoms with E-state index in [0.29, 0.717) is 10.8 Å². The van der Waals surface area contributed by atoms with Gasteiger partial charge < -0.3 is 5.32 Å². The van der Waals surface area contributed by atoms with Crippen LogP contribution in [0.25, 0.3) is 0 Å². The zero-order valence-electron chi connectivity index (χ0n) is 12.4. The molecule has 0 radical (unpaired) electrons. The van der Waals surface area contributed by atoms with E-state index < -0.39 is 10.0 Å². The Hall–Kier alpha value is -1.07. The fraction of sp³-hybridized carbons (Fsp3) is 0.600. The summed E-state index contributed by atoms with van der Waals surface area (Å²) in [6.45, 7) is 7.01. The van der Waals surface area contributed by atoms with Crippen molar-refractivity contribution in [3.05, 3.63) is 23.8 Å². The van der Waals surface area contributed by atoms with Crippen molar-refractivity contribution < 1.29 is 8.42 Å². The van der Waals surface area contributed by atoms with Crippen molar-refractivity contribution >= 4 is 15.7 Å². The molecule has 112 valence electrons. The summed E-state index contributed by atoms with van der Waals surface area (Å²) in [4.78, 5) is 0.370. The summed E-state index contributed by atoms with van der Waals surface area (Å²) >= 11 is 0. The first-order valence-corrected chi connectivity index (χ1v) is 8.81. The predicted molar refractivity (Wildman–Crippen MR) is 82.5 cm³/mol. The number of sulfonamides is 1. The highest BCUT2D eigenvalue weighted by molar-refractivity contribution is 7.89. The molecular weight excluding hydrogens is 272 g/mol. The highest BCUT2D eigenvalue weighted by Crippen LogP contribution is 2.25. The van der Waals surface area contributed by atoms with E-state index in [0.717, 1.165) is 37.1 Å². The fourth-order valence-corrected chi connectivity index (χ4v) is 3.80. The topological polar surface area (TPSA) is 58.2 Å². The van der Waals surface area contributed by atoms with E-state index >= 15 is 0 Å². The lowest BCUT2D eigenvalue weighted by atomic mass is 10.0. The minimum atomic E-state index is -3.43. The zero-order valence-corrected chi connectivity index (χ0v) is 13.3. The van der Waals surface area contributed by atoms with Crippen LogP contribution in [0.2, 0.25) is 0 Å². The molecule has 2 N–H and O–H groups in total. The maximum absolute atomic E-state index is 12.4. The number of hydrogen-bond donors (Lipinski definition) is 2. The summed E-state index contributed by atoms with van der Waals surface area (Å²) in [6, 6.07) is 5.30. The molecule has 0 fully saturated rings. The van der Waals surface area contributed by atoms with Crippen LogP contribution < -0.4 is 10.0 Å². The van der Waals surface area contributed by atoms with Crippen LogP contribution >= 0.6 is 0 Å². The molecule has 0 amide bonds. The SMILES string of the molecule is CCC(C)C(C)NS(=O)(=O)c1ccc2c(c1)CCCN2. The lowest BCUT2D eigenvalue weighted by molar-refractivity contribution is 0.434. The minimum absolute atomic E-state index is 0.0563. The Bertz CT molecular complexity index is 569. The molecular formula is C15H24N2O2S. The summed E-state index contributed by atoms with van der Waals surface area (Å²) in [5, 5.41) is 3.29. The summed E-state index contributed by atoms with van der Waals surface area (Å²) in [7, 11) is -3.43. The van der Waals surface area contributed by atoms with Crippen LogP contribution in [0.4, 0.5) is 5.69 Å². The molecule has 0 aromatic heterocycles. The van der Waals surface area contributed by atoms with Gasteiger partial charge in [0.25, 0.3) is 0 Å². The van der Waals surface area contributed by atoms with Gasteiger partial charge in [0, 0.05) is 18.3 Å². The molecule has 1 aromatic rings. The summed E-state index contributed by atoms with van der Waals surface area (Å²) in [5.41, 5.74) is 2.15. The Kier molecular flexibility index (Phi) is 4.70. The van der Waals surface area contributed by atoms with E-state index in [4.69, 9.17) is 0 Å². The van der Waals surface area contributed by atoms with E-state index in [1.165, 1.54) is 0 Å². The Labute approximate surface area is 122 Å². The van der Waals surface area contributed by atoms with Gasteiger partial charge in [0.1, 0.15) is 0 Å². The van der Waals surface area contributed by atoms with Gasteiger partial charge in [0.05, 0.1) is 4.90 Å². The molecule has 1 aromatic carbocycles. The van der Waals surface area contributed by atoms with Gasteiger partial charge in [-0.2, -0.15) is 0 Å². The molecule has 0 bridgehead atoms. The van der Waals surface area contributed by atoms with Crippen molar-refractivity contribution in [3.63, 3.8) is 0 Å². The van der Waals surface area contributed by atoms with Gasteiger partial charge in [-0.05, 0) is 49.4 Å². The van der Waals surface area contributed by atoms with Gasteiger partial charge in [-0.1, -0.05) is 20.3 Å². The predicted octanol–water partition coefficient (Wildman–Crippen LogP) is 2.76. The van der Waals surface area contributed by atoms with Crippen LogP contribution in [0.1, 0.15) is 39.2 Å². The van der Waals surface area contributed by atoms with Crippen molar-refractivity contribution in [2.24, 2.45) is 5.92 Å². The molecule has 0 saturated heterocycles.